The smallest absolute Gasteiger partial charge is 0.265 e. The maximum atomic E-state index is 16.2. The molecule has 0 unspecified atom stereocenters. The molecule has 258 valence electrons. The Morgan fingerprint density at radius 2 is 1.86 bits per heavy atom. The van der Waals surface area contributed by atoms with Crippen molar-refractivity contribution in [3.8, 4) is 11.5 Å². The zero-order valence-electron chi connectivity index (χ0n) is 27.4. The number of fused-ring (bicyclic) bond motifs is 4. The Balaban J connectivity index is 1.16. The molecule has 5 heterocycles. The van der Waals surface area contributed by atoms with Gasteiger partial charge in [0, 0.05) is 48.6 Å². The summed E-state index contributed by atoms with van der Waals surface area (Å²) in [6, 6.07) is 7.74. The molecule has 2 amide bonds. The molecule has 3 aromatic heterocycles. The van der Waals surface area contributed by atoms with E-state index in [9.17, 15) is 9.59 Å². The third-order valence-corrected chi connectivity index (χ3v) is 11.4. The van der Waals surface area contributed by atoms with Gasteiger partial charge < -0.3 is 29.8 Å². The van der Waals surface area contributed by atoms with Crippen LogP contribution in [-0.2, 0) is 16.1 Å². The zero-order chi connectivity index (χ0) is 33.8. The van der Waals surface area contributed by atoms with E-state index >= 15 is 13.2 Å². The lowest BCUT2D eigenvalue weighted by Gasteiger charge is -2.37. The average molecular weight is 676 g/mol. The number of rotatable bonds is 3. The molecule has 3 aliphatic carbocycles. The Morgan fingerprint density at radius 1 is 1.06 bits per heavy atom. The van der Waals surface area contributed by atoms with E-state index in [0.29, 0.717) is 59.1 Å². The van der Waals surface area contributed by atoms with Crippen molar-refractivity contribution in [3.63, 3.8) is 0 Å². The standard InChI is InChI=1S/C36H40F3N7O3/c1-19-27-8-4-21-16-29(45(31(21)42-27)18-36(38,39)9-2-12-49-35(10-11-35)34(48)41-19)32-43-28-15-22(14-25(37)30(28)46(32)23-6-7-23)33(47)44-17-26(40)20-3-5-24(44)13-20/h4,8,14-16,19-20,23-24,26H,2-3,5-7,9-13,17-18,40H2,1H3,(H,41,48)/t19-,20-,24+,26+/m1/s1. The second-order valence-electron chi connectivity index (χ2n) is 15.0. The molecule has 1 spiro atoms. The minimum absolute atomic E-state index is 0.0530. The quantitative estimate of drug-likeness (QED) is 0.290. The molecule has 9 rings (SSSR count). The van der Waals surface area contributed by atoms with Crippen molar-refractivity contribution in [2.45, 2.75) is 107 Å². The highest BCUT2D eigenvalue weighted by Gasteiger charge is 2.52. The molecule has 4 fully saturated rings. The van der Waals surface area contributed by atoms with Gasteiger partial charge in [0.1, 0.15) is 22.6 Å². The molecular weight excluding hydrogens is 635 g/mol. The molecule has 3 saturated carbocycles. The first kappa shape index (κ1) is 31.0. The summed E-state index contributed by atoms with van der Waals surface area (Å²) in [7, 11) is 0. The van der Waals surface area contributed by atoms with Crippen LogP contribution in [0.3, 0.4) is 0 Å². The maximum absolute atomic E-state index is 16.2. The predicted octanol–water partition coefficient (Wildman–Crippen LogP) is 5.63. The number of likely N-dealkylation sites (tertiary alicyclic amines) is 1. The second kappa shape index (κ2) is 11.0. The fraction of sp³-hybridized carbons (Fsp3) is 0.556. The van der Waals surface area contributed by atoms with E-state index in [2.05, 4.69) is 5.32 Å². The number of hydrogen-bond donors (Lipinski definition) is 2. The summed E-state index contributed by atoms with van der Waals surface area (Å²) in [5.74, 6) is -3.45. The van der Waals surface area contributed by atoms with E-state index < -0.39 is 36.3 Å². The van der Waals surface area contributed by atoms with Crippen LogP contribution >= 0.6 is 0 Å². The van der Waals surface area contributed by atoms with Crippen LogP contribution in [0.25, 0.3) is 33.6 Å². The van der Waals surface area contributed by atoms with Gasteiger partial charge in [-0.25, -0.2) is 23.1 Å². The molecule has 1 saturated heterocycles. The van der Waals surface area contributed by atoms with Crippen LogP contribution in [0.2, 0.25) is 0 Å². The average Bonchev–Trinajstić information content (AvgIpc) is 3.96. The number of ether oxygens (including phenoxy) is 1. The first-order chi connectivity index (χ1) is 23.5. The summed E-state index contributed by atoms with van der Waals surface area (Å²) < 4.78 is 57.0. The van der Waals surface area contributed by atoms with Crippen LogP contribution in [0, 0.1) is 11.7 Å². The SMILES string of the molecule is C[C@H]1NC(=O)C2(CC2)OCCCC(F)(F)Cn2c(-c3nc4cc(C(=O)N5C[C@H](N)[C@@H]6CC[C@H]5C6)cc(F)c4n3C3CC3)cc3ccc1nc32. The van der Waals surface area contributed by atoms with Gasteiger partial charge in [0.2, 0.25) is 0 Å². The van der Waals surface area contributed by atoms with Crippen LogP contribution in [-0.4, -0.2) is 72.6 Å². The van der Waals surface area contributed by atoms with Crippen molar-refractivity contribution >= 4 is 33.9 Å². The lowest BCUT2D eigenvalue weighted by atomic mass is 9.94. The number of alkyl halides is 2. The number of aromatic nitrogens is 4. The van der Waals surface area contributed by atoms with Crippen LogP contribution in [0.15, 0.2) is 30.3 Å². The fourth-order valence-electron chi connectivity index (χ4n) is 8.37. The molecule has 5 aliphatic rings. The largest absolute Gasteiger partial charge is 0.365 e. The first-order valence-electron chi connectivity index (χ1n) is 17.6. The third kappa shape index (κ3) is 5.22. The molecule has 13 heteroatoms. The second-order valence-corrected chi connectivity index (χ2v) is 15.0. The van der Waals surface area contributed by atoms with E-state index in [-0.39, 0.29) is 54.0 Å². The van der Waals surface area contributed by atoms with Crippen molar-refractivity contribution in [2.75, 3.05) is 13.2 Å². The Bertz CT molecular complexity index is 2020. The number of nitrogens with two attached hydrogens (primary N) is 1. The number of pyridine rings is 1. The molecule has 2 aliphatic heterocycles. The molecule has 3 N–H and O–H groups in total. The van der Waals surface area contributed by atoms with E-state index in [1.54, 1.807) is 23.1 Å². The molecule has 10 nitrogen and oxygen atoms in total. The van der Waals surface area contributed by atoms with Gasteiger partial charge in [-0.1, -0.05) is 0 Å². The highest BCUT2D eigenvalue weighted by atomic mass is 19.3. The van der Waals surface area contributed by atoms with Gasteiger partial charge >= 0.3 is 0 Å². The van der Waals surface area contributed by atoms with Crippen molar-refractivity contribution in [1.82, 2.24) is 29.3 Å². The van der Waals surface area contributed by atoms with Gasteiger partial charge in [-0.2, -0.15) is 0 Å². The molecule has 0 radical (unpaired) electrons. The number of imidazole rings is 1. The molecule has 1 aromatic carbocycles. The van der Waals surface area contributed by atoms with Crippen LogP contribution in [0.1, 0.15) is 92.8 Å². The number of hydrogen-bond acceptors (Lipinski definition) is 6. The number of amides is 2. The predicted molar refractivity (Wildman–Crippen MR) is 175 cm³/mol. The van der Waals surface area contributed by atoms with E-state index in [4.69, 9.17) is 20.4 Å². The van der Waals surface area contributed by atoms with E-state index in [0.717, 1.165) is 32.1 Å². The minimum Gasteiger partial charge on any atom is -0.365 e. The topological polar surface area (TPSA) is 120 Å². The van der Waals surface area contributed by atoms with Crippen molar-refractivity contribution in [2.24, 2.45) is 11.7 Å². The summed E-state index contributed by atoms with van der Waals surface area (Å²) >= 11 is 0. The Morgan fingerprint density at radius 3 is 2.63 bits per heavy atom. The zero-order valence-corrected chi connectivity index (χ0v) is 27.4. The lowest BCUT2D eigenvalue weighted by molar-refractivity contribution is -0.137. The Hall–Kier alpha value is -3.97. The van der Waals surface area contributed by atoms with Crippen molar-refractivity contribution in [1.29, 1.82) is 0 Å². The van der Waals surface area contributed by atoms with Gasteiger partial charge in [0.25, 0.3) is 17.7 Å². The van der Waals surface area contributed by atoms with Gasteiger partial charge in [-0.05, 0) is 94.5 Å². The third-order valence-electron chi connectivity index (χ3n) is 11.4. The number of nitrogens with zero attached hydrogens (tertiary/aromatic N) is 5. The van der Waals surface area contributed by atoms with Crippen LogP contribution < -0.4 is 11.1 Å². The van der Waals surface area contributed by atoms with E-state index in [1.807, 2.05) is 17.6 Å². The number of benzene rings is 1. The Kier molecular flexibility index (Phi) is 6.98. The number of piperidine rings is 1. The normalized spacial score (nSPS) is 27.9. The molecule has 4 aromatic rings. The van der Waals surface area contributed by atoms with Crippen molar-refractivity contribution < 1.29 is 27.5 Å². The highest BCUT2D eigenvalue weighted by molar-refractivity contribution is 5.98. The summed E-state index contributed by atoms with van der Waals surface area (Å²) in [5, 5.41) is 3.64. The number of carbonyl (C=O) groups is 2. The summed E-state index contributed by atoms with van der Waals surface area (Å²) in [6.07, 6.45) is 5.09. The molecular formula is C36H40F3N7O3. The van der Waals surface area contributed by atoms with Gasteiger partial charge in [0.15, 0.2) is 5.82 Å². The monoisotopic (exact) mass is 675 g/mol. The van der Waals surface area contributed by atoms with Gasteiger partial charge in [-0.3, -0.25) is 9.59 Å². The first-order valence-corrected chi connectivity index (χ1v) is 17.6. The Labute approximate surface area is 281 Å². The number of carbonyl (C=O) groups excluding carboxylic acids is 2. The summed E-state index contributed by atoms with van der Waals surface area (Å²) in [6.45, 7) is 1.64. The van der Waals surface area contributed by atoms with Gasteiger partial charge in [0.05, 0.1) is 29.5 Å². The molecule has 4 atom stereocenters. The maximum Gasteiger partial charge on any atom is 0.265 e. The molecule has 4 bridgehead atoms. The minimum atomic E-state index is -3.13. The lowest BCUT2D eigenvalue weighted by Crippen LogP contribution is -2.51. The fourth-order valence-corrected chi connectivity index (χ4v) is 8.37. The van der Waals surface area contributed by atoms with Gasteiger partial charge in [-0.15, -0.1) is 0 Å². The van der Waals surface area contributed by atoms with Crippen LogP contribution in [0.4, 0.5) is 13.2 Å². The van der Waals surface area contributed by atoms with Crippen LogP contribution in [0.5, 0.6) is 0 Å². The number of nitrogens with one attached hydrogen (secondary N) is 1. The summed E-state index contributed by atoms with van der Waals surface area (Å²) in [5.41, 5.74) is 7.46. The molecule has 49 heavy (non-hydrogen) atoms. The summed E-state index contributed by atoms with van der Waals surface area (Å²) in [4.78, 5) is 38.4. The highest BCUT2D eigenvalue weighted by Crippen LogP contribution is 2.45. The number of halogens is 3. The van der Waals surface area contributed by atoms with E-state index in [1.165, 1.54) is 10.6 Å². The van der Waals surface area contributed by atoms with Crippen molar-refractivity contribution in [3.05, 3.63) is 47.4 Å².